The molecule has 0 unspecified atom stereocenters. The highest BCUT2D eigenvalue weighted by Crippen LogP contribution is 2.28. The van der Waals surface area contributed by atoms with Crippen LogP contribution in [0.15, 0.2) is 12.1 Å². The number of benzene rings is 1. The van der Waals surface area contributed by atoms with E-state index in [9.17, 15) is 4.79 Å². The molecule has 0 bridgehead atoms. The van der Waals surface area contributed by atoms with Gasteiger partial charge in [-0.1, -0.05) is 0 Å². The number of rotatable bonds is 3. The van der Waals surface area contributed by atoms with Crippen molar-refractivity contribution in [1.29, 1.82) is 0 Å². The number of hydrogen-bond acceptors (Lipinski definition) is 3. The van der Waals surface area contributed by atoms with E-state index in [1.165, 1.54) is 6.92 Å². The van der Waals surface area contributed by atoms with Gasteiger partial charge < -0.3 is 10.5 Å². The van der Waals surface area contributed by atoms with Crippen molar-refractivity contribution < 1.29 is 9.53 Å². The van der Waals surface area contributed by atoms with Gasteiger partial charge in [-0.15, -0.1) is 0 Å². The van der Waals surface area contributed by atoms with E-state index in [1.807, 2.05) is 6.92 Å². The molecule has 0 spiro atoms. The first-order chi connectivity index (χ1) is 6.56. The second-order valence-electron chi connectivity index (χ2n) is 2.87. The summed E-state index contributed by atoms with van der Waals surface area (Å²) in [6.07, 6.45) is 0. The summed E-state index contributed by atoms with van der Waals surface area (Å²) in [6.45, 7) is 3.93. The van der Waals surface area contributed by atoms with Crippen molar-refractivity contribution in [1.82, 2.24) is 0 Å². The Morgan fingerprint density at radius 3 is 2.71 bits per heavy atom. The number of anilines is 1. The summed E-state index contributed by atoms with van der Waals surface area (Å²) in [5.74, 6) is 0.605. The molecule has 3 nitrogen and oxygen atoms in total. The summed E-state index contributed by atoms with van der Waals surface area (Å²) < 4.78 is 6.27. The molecule has 1 aromatic rings. The van der Waals surface area contributed by atoms with Gasteiger partial charge in [0.2, 0.25) is 0 Å². The average Bonchev–Trinajstić information content (AvgIpc) is 2.09. The van der Waals surface area contributed by atoms with Crippen LogP contribution in [0, 0.1) is 3.57 Å². The zero-order valence-corrected chi connectivity index (χ0v) is 10.3. The summed E-state index contributed by atoms with van der Waals surface area (Å²) in [5, 5.41) is 0. The van der Waals surface area contributed by atoms with Crippen molar-refractivity contribution in [3.05, 3.63) is 21.3 Å². The maximum atomic E-state index is 11.3. The topological polar surface area (TPSA) is 52.3 Å². The molecule has 2 N–H and O–H groups in total. The van der Waals surface area contributed by atoms with Crippen molar-refractivity contribution >= 4 is 34.1 Å². The predicted octanol–water partition coefficient (Wildman–Crippen LogP) is 2.47. The highest BCUT2D eigenvalue weighted by molar-refractivity contribution is 14.1. The Labute approximate surface area is 96.8 Å². The minimum Gasteiger partial charge on any atom is -0.492 e. The van der Waals surface area contributed by atoms with Crippen LogP contribution in [0.4, 0.5) is 5.69 Å². The number of carbonyl (C=O) groups is 1. The maximum Gasteiger partial charge on any atom is 0.163 e. The molecule has 0 aromatic heterocycles. The number of ether oxygens (including phenoxy) is 1. The zero-order chi connectivity index (χ0) is 10.7. The van der Waals surface area contributed by atoms with E-state index in [0.29, 0.717) is 23.6 Å². The van der Waals surface area contributed by atoms with Crippen LogP contribution in [0.1, 0.15) is 24.2 Å². The van der Waals surface area contributed by atoms with Crippen LogP contribution in [0.3, 0.4) is 0 Å². The van der Waals surface area contributed by atoms with Crippen LogP contribution in [-0.4, -0.2) is 12.4 Å². The molecule has 0 aliphatic rings. The van der Waals surface area contributed by atoms with Crippen molar-refractivity contribution in [2.75, 3.05) is 12.3 Å². The maximum absolute atomic E-state index is 11.3. The molecule has 14 heavy (non-hydrogen) atoms. The van der Waals surface area contributed by atoms with Crippen LogP contribution >= 0.6 is 22.6 Å². The van der Waals surface area contributed by atoms with Gasteiger partial charge in [-0.25, -0.2) is 0 Å². The van der Waals surface area contributed by atoms with Gasteiger partial charge in [0.15, 0.2) is 5.78 Å². The molecule has 76 valence electrons. The number of nitrogen functional groups attached to an aromatic ring is 1. The van der Waals surface area contributed by atoms with Crippen LogP contribution in [0.5, 0.6) is 5.75 Å². The number of ketones is 1. The van der Waals surface area contributed by atoms with Gasteiger partial charge in [-0.2, -0.15) is 0 Å². The van der Waals surface area contributed by atoms with Crippen LogP contribution in [0.2, 0.25) is 0 Å². The molecule has 0 radical (unpaired) electrons. The molecule has 0 aliphatic heterocycles. The quantitative estimate of drug-likeness (QED) is 0.530. The number of carbonyl (C=O) groups excluding carboxylic acids is 1. The number of nitrogens with two attached hydrogens (primary N) is 1. The summed E-state index contributed by atoms with van der Waals surface area (Å²) in [4.78, 5) is 11.3. The third-order valence-corrected chi connectivity index (χ3v) is 2.54. The predicted molar refractivity (Wildman–Crippen MR) is 64.7 cm³/mol. The van der Waals surface area contributed by atoms with Gasteiger partial charge in [0.1, 0.15) is 5.75 Å². The molecule has 0 saturated heterocycles. The Morgan fingerprint density at radius 1 is 1.57 bits per heavy atom. The lowest BCUT2D eigenvalue weighted by molar-refractivity contribution is 0.101. The van der Waals surface area contributed by atoms with E-state index in [1.54, 1.807) is 12.1 Å². The first kappa shape index (κ1) is 11.3. The number of hydrogen-bond donors (Lipinski definition) is 1. The van der Waals surface area contributed by atoms with Gasteiger partial charge in [-0.05, 0) is 48.6 Å². The SMILES string of the molecule is CCOc1c(I)cc(N)cc1C(C)=O. The lowest BCUT2D eigenvalue weighted by Crippen LogP contribution is -2.04. The minimum atomic E-state index is -0.0290. The summed E-state index contributed by atoms with van der Waals surface area (Å²) >= 11 is 2.11. The molecule has 4 heteroatoms. The van der Waals surface area contributed by atoms with Crippen LogP contribution in [-0.2, 0) is 0 Å². The van der Waals surface area contributed by atoms with Gasteiger partial charge in [0.05, 0.1) is 15.7 Å². The van der Waals surface area contributed by atoms with E-state index in [4.69, 9.17) is 10.5 Å². The Hall–Kier alpha value is -0.780. The number of halogens is 1. The standard InChI is InChI=1S/C10H12INO2/c1-3-14-10-8(6(2)13)4-7(12)5-9(10)11/h4-5H,3,12H2,1-2H3. The fourth-order valence-corrected chi connectivity index (χ4v) is 1.97. The second kappa shape index (κ2) is 4.63. The Kier molecular flexibility index (Phi) is 3.74. The molecule has 0 atom stereocenters. The molecule has 1 rings (SSSR count). The molecular weight excluding hydrogens is 293 g/mol. The molecule has 0 amide bonds. The molecule has 0 saturated carbocycles. The second-order valence-corrected chi connectivity index (χ2v) is 4.03. The highest BCUT2D eigenvalue weighted by Gasteiger charge is 2.12. The smallest absolute Gasteiger partial charge is 0.163 e. The molecule has 0 heterocycles. The molecular formula is C10H12INO2. The molecule has 0 fully saturated rings. The first-order valence-corrected chi connectivity index (χ1v) is 5.37. The first-order valence-electron chi connectivity index (χ1n) is 4.29. The zero-order valence-electron chi connectivity index (χ0n) is 8.13. The molecule has 1 aromatic carbocycles. The Morgan fingerprint density at radius 2 is 2.21 bits per heavy atom. The fraction of sp³-hybridized carbons (Fsp3) is 0.300. The Balaban J connectivity index is 3.28. The molecule has 0 aliphatic carbocycles. The van der Waals surface area contributed by atoms with E-state index in [0.717, 1.165) is 3.57 Å². The normalized spacial score (nSPS) is 9.93. The monoisotopic (exact) mass is 305 g/mol. The largest absolute Gasteiger partial charge is 0.492 e. The van der Waals surface area contributed by atoms with E-state index < -0.39 is 0 Å². The van der Waals surface area contributed by atoms with Gasteiger partial charge in [0, 0.05) is 5.69 Å². The van der Waals surface area contributed by atoms with Crippen molar-refractivity contribution in [2.24, 2.45) is 0 Å². The summed E-state index contributed by atoms with van der Waals surface area (Å²) in [5.41, 5.74) is 6.79. The summed E-state index contributed by atoms with van der Waals surface area (Å²) in [7, 11) is 0. The van der Waals surface area contributed by atoms with Crippen LogP contribution < -0.4 is 10.5 Å². The number of Topliss-reactive ketones (excluding diaryl/α,β-unsaturated/α-hetero) is 1. The average molecular weight is 305 g/mol. The highest BCUT2D eigenvalue weighted by atomic mass is 127. The van der Waals surface area contributed by atoms with Crippen molar-refractivity contribution in [3.63, 3.8) is 0 Å². The third-order valence-electron chi connectivity index (χ3n) is 1.73. The van der Waals surface area contributed by atoms with Gasteiger partial charge >= 0.3 is 0 Å². The Bertz CT molecular complexity index is 363. The lowest BCUT2D eigenvalue weighted by atomic mass is 10.1. The van der Waals surface area contributed by atoms with Gasteiger partial charge in [-0.3, -0.25) is 4.79 Å². The van der Waals surface area contributed by atoms with E-state index in [-0.39, 0.29) is 5.78 Å². The fourth-order valence-electron chi connectivity index (χ4n) is 1.17. The lowest BCUT2D eigenvalue weighted by Gasteiger charge is -2.10. The third kappa shape index (κ3) is 2.37. The van der Waals surface area contributed by atoms with Crippen LogP contribution in [0.25, 0.3) is 0 Å². The van der Waals surface area contributed by atoms with E-state index in [2.05, 4.69) is 22.6 Å². The van der Waals surface area contributed by atoms with E-state index >= 15 is 0 Å². The van der Waals surface area contributed by atoms with Crippen molar-refractivity contribution in [3.8, 4) is 5.75 Å². The minimum absolute atomic E-state index is 0.0290. The van der Waals surface area contributed by atoms with Gasteiger partial charge in [0.25, 0.3) is 0 Å². The summed E-state index contributed by atoms with van der Waals surface area (Å²) in [6, 6.07) is 3.44. The van der Waals surface area contributed by atoms with Crippen molar-refractivity contribution in [2.45, 2.75) is 13.8 Å².